The van der Waals surface area contributed by atoms with E-state index in [2.05, 4.69) is 114 Å². The van der Waals surface area contributed by atoms with Gasteiger partial charge >= 0.3 is 0 Å². The molecule has 0 bridgehead atoms. The molecule has 7 aromatic rings. The molecule has 0 aromatic heterocycles. The largest absolute Gasteiger partial charge is 0.383 e. The number of hydrogen-bond donors (Lipinski definition) is 8. The van der Waals surface area contributed by atoms with Crippen molar-refractivity contribution in [2.45, 2.75) is 236 Å². The third-order valence-corrected chi connectivity index (χ3v) is 22.3. The number of hydrogen-bond acceptors (Lipinski definition) is 28. The average Bonchev–Trinajstić information content (AvgIpc) is 0.759. The van der Waals surface area contributed by atoms with Crippen LogP contribution in [0.1, 0.15) is 237 Å². The van der Waals surface area contributed by atoms with Crippen LogP contribution in [0, 0.1) is 31.6 Å². The first-order valence-electron chi connectivity index (χ1n) is 40.9. The molecule has 11 N–H and O–H groups in total. The Morgan fingerprint density at radius 2 is 0.509 bits per heavy atom. The topological polar surface area (TPSA) is 277 Å². The summed E-state index contributed by atoms with van der Waals surface area (Å²) in [6.07, 6.45) is 6.22. The number of nitrogens with zero attached hydrogens (tertiary/aromatic N) is 6. The van der Waals surface area contributed by atoms with Crippen LogP contribution in [0.3, 0.4) is 0 Å². The van der Waals surface area contributed by atoms with E-state index in [-0.39, 0.29) is 75.9 Å². The molecule has 116 heavy (non-hydrogen) atoms. The van der Waals surface area contributed by atoms with Crippen LogP contribution in [-0.2, 0) is 37.9 Å². The molecular formula is C88H148N14O7S7. The maximum absolute atomic E-state index is 12.0. The minimum Gasteiger partial charge on any atom is -0.383 e. The fourth-order valence-corrected chi connectivity index (χ4v) is 16.0. The molecule has 7 rings (SSSR count). The summed E-state index contributed by atoms with van der Waals surface area (Å²) < 4.78 is 3.34. The van der Waals surface area contributed by atoms with Crippen molar-refractivity contribution in [3.8, 4) is 0 Å². The Morgan fingerprint density at radius 3 is 0.767 bits per heavy atom. The van der Waals surface area contributed by atoms with Gasteiger partial charge in [-0.15, -0.1) is 0 Å². The maximum atomic E-state index is 12.0. The van der Waals surface area contributed by atoms with Crippen molar-refractivity contribution >= 4 is 125 Å². The zero-order chi connectivity index (χ0) is 90.2. The summed E-state index contributed by atoms with van der Waals surface area (Å²) in [4.78, 5) is 95.1. The van der Waals surface area contributed by atoms with Crippen LogP contribution in [0.15, 0.2) is 33.6 Å². The van der Waals surface area contributed by atoms with Gasteiger partial charge in [-0.1, -0.05) is 245 Å². The second kappa shape index (κ2) is 47.3. The summed E-state index contributed by atoms with van der Waals surface area (Å²) in [6.45, 7) is 61.2. The predicted octanol–water partition coefficient (Wildman–Crippen LogP) is 13.9. The summed E-state index contributed by atoms with van der Waals surface area (Å²) in [7, 11) is 15.7. The minimum atomic E-state index is -0.141. The number of likely N-dealkylation sites (N-methyl/N-ethyl adjacent to an activating group) is 4. The molecule has 0 amide bonds. The van der Waals surface area contributed by atoms with Gasteiger partial charge in [0.2, 0.25) is 38.0 Å². The maximum Gasteiger partial charge on any atom is 0.204 e. The highest BCUT2D eigenvalue weighted by atomic mass is 32.1. The van der Waals surface area contributed by atoms with Crippen LogP contribution in [0.25, 0.3) is 0 Å². The van der Waals surface area contributed by atoms with Crippen LogP contribution in [-0.4, -0.2) is 166 Å². The van der Waals surface area contributed by atoms with Gasteiger partial charge in [-0.25, -0.2) is 0 Å². The van der Waals surface area contributed by atoms with Crippen molar-refractivity contribution < 1.29 is 0 Å². The molecule has 654 valence electrons. The Bertz CT molecular complexity index is 4710. The zero-order valence-electron chi connectivity index (χ0n) is 76.7. The Hall–Kier alpha value is -5.18. The normalized spacial score (nSPS) is 12.1. The van der Waals surface area contributed by atoms with Gasteiger partial charge in [-0.3, -0.25) is 33.6 Å². The number of nitrogens with one attached hydrogen (secondary N) is 5. The van der Waals surface area contributed by atoms with E-state index < -0.39 is 0 Å². The molecule has 0 spiro atoms. The summed E-state index contributed by atoms with van der Waals surface area (Å²) >= 11 is 35.8. The molecule has 0 aliphatic heterocycles. The van der Waals surface area contributed by atoms with Crippen molar-refractivity contribution in [3.05, 3.63) is 142 Å². The summed E-state index contributed by atoms with van der Waals surface area (Å²) in [6, 6.07) is 0. The highest BCUT2D eigenvalue weighted by molar-refractivity contribution is 7.72. The molecule has 0 unspecified atom stereocenters. The standard InChI is InChI=1S/C17H30N2OS.C13H22N2OS.3C12H20N2OS.2C11H18N2OS/c1-7-9-19(10-8-2)12-11-18(6)14-13(17(3,4)5)15(20)16(14)21;1-13(2,3)9-10(12(17)11(9)16)15(5)8-6-7-14-4;1-12(2,3)8-9(11(16)10(8)15)14(5)7-6-13-4;1-12(2,3)8-9(11(16)10(8)15)14(4)7-5-6-13;1-12(2,3)8-9(11(16)10(8)15)14-7-5-6-13-4;1-11(2,3)7-8(10(15)9(7)14)13(4)6-5-12;1-11(2,3)7-8(10(15)9(7)14)13-6-4-5-12/h7-12H2,1-6H3;14H,6-8H2,1-5H3;13H,6-7H2,1-5H3;5-7,13H2,1-4H3;13-14H,5-7H2,1-4H3;5-6,12H2,1-4H3;13H,4-6,12H2,1-3H3. The van der Waals surface area contributed by atoms with Crippen LogP contribution < -0.4 is 106 Å². The summed E-state index contributed by atoms with van der Waals surface area (Å²) in [5.74, 6) is 0. The zero-order valence-corrected chi connectivity index (χ0v) is 82.4. The van der Waals surface area contributed by atoms with Crippen molar-refractivity contribution in [3.63, 3.8) is 0 Å². The molecule has 0 fully saturated rings. The SMILES string of the molecule is CC(C)(C)c1c(NCCCN)c(=S)c1=O.CCCN(CCC)CCN(C)c1c(C(C)(C)C)c(=O)c1=S.CN(CCCN)c1c(C(C)(C)C)c(=O)c1=S.CN(CCN)c1c(C(C)(C)C)c(=O)c1=S.CNCCCN(C)c1c(C(C)(C)C)c(=O)c1=S.CNCCCNc1c(C(C)(C)C)c(=O)c1=S.CNCCN(C)c1c(C(C)(C)C)c(=O)c1=S. The third-order valence-electron chi connectivity index (χ3n) is 19.6. The fourth-order valence-electron chi connectivity index (χ4n) is 13.7. The van der Waals surface area contributed by atoms with Gasteiger partial charge < -0.3 is 73.2 Å². The smallest absolute Gasteiger partial charge is 0.204 e. The van der Waals surface area contributed by atoms with Crippen molar-refractivity contribution in [1.82, 2.24) is 20.9 Å². The first-order valence-corrected chi connectivity index (χ1v) is 43.8. The van der Waals surface area contributed by atoms with E-state index in [1.54, 1.807) is 0 Å². The van der Waals surface area contributed by atoms with Gasteiger partial charge in [-0.2, -0.15) is 0 Å². The quantitative estimate of drug-likeness (QED) is 0.0140. The lowest BCUT2D eigenvalue weighted by molar-refractivity contribution is 0.281. The van der Waals surface area contributed by atoms with Crippen molar-refractivity contribution in [1.29, 1.82) is 0 Å². The van der Waals surface area contributed by atoms with Gasteiger partial charge in [0, 0.05) is 140 Å². The third kappa shape index (κ3) is 29.6. The molecule has 0 aliphatic carbocycles. The molecule has 21 nitrogen and oxygen atoms in total. The molecule has 0 radical (unpaired) electrons. The summed E-state index contributed by atoms with van der Waals surface area (Å²) in [5, 5.41) is 15.8. The molecular weight excluding hydrogens is 1590 g/mol. The van der Waals surface area contributed by atoms with Crippen LogP contribution in [0.2, 0.25) is 0 Å². The number of nitrogens with two attached hydrogens (primary N) is 3. The molecule has 0 saturated heterocycles. The van der Waals surface area contributed by atoms with Crippen molar-refractivity contribution in [2.24, 2.45) is 17.2 Å². The van der Waals surface area contributed by atoms with E-state index in [0.29, 0.717) is 51.2 Å². The van der Waals surface area contributed by atoms with Gasteiger partial charge in [0.25, 0.3) is 0 Å². The van der Waals surface area contributed by atoms with E-state index in [1.807, 2.05) is 158 Å². The van der Waals surface area contributed by atoms with E-state index in [9.17, 15) is 33.6 Å². The molecule has 7 aromatic carbocycles. The fraction of sp³-hybridized carbons (Fsp3) is 0.682. The molecule has 0 atom stereocenters. The number of rotatable bonds is 33. The molecule has 28 heteroatoms. The lowest BCUT2D eigenvalue weighted by Gasteiger charge is -2.32. The van der Waals surface area contributed by atoms with Gasteiger partial charge in [-0.05, 0) is 137 Å². The number of anilines is 7. The van der Waals surface area contributed by atoms with Crippen LogP contribution in [0.5, 0.6) is 0 Å². The molecule has 0 heterocycles. The minimum absolute atomic E-state index is 0.0211. The lowest BCUT2D eigenvalue weighted by atomic mass is 9.82. The molecule has 0 aliphatic rings. The highest BCUT2D eigenvalue weighted by Crippen LogP contribution is 2.38. The van der Waals surface area contributed by atoms with Crippen LogP contribution >= 0.6 is 85.5 Å². The van der Waals surface area contributed by atoms with Crippen molar-refractivity contribution in [2.75, 3.05) is 196 Å². The van der Waals surface area contributed by atoms with Gasteiger partial charge in [0.1, 0.15) is 31.6 Å². The second-order valence-corrected chi connectivity index (χ2v) is 40.2. The van der Waals surface area contributed by atoms with E-state index in [1.165, 1.54) is 12.8 Å². The Labute approximate surface area is 732 Å². The highest BCUT2D eigenvalue weighted by Gasteiger charge is 2.36. The second-order valence-electron chi connectivity index (χ2n) is 37.4. The first-order chi connectivity index (χ1) is 53.2. The average molecular weight is 1740 g/mol. The van der Waals surface area contributed by atoms with E-state index in [4.69, 9.17) is 103 Å². The predicted molar refractivity (Wildman–Crippen MR) is 520 cm³/mol. The van der Waals surface area contributed by atoms with Gasteiger partial charge in [0.15, 0.2) is 0 Å². The Balaban J connectivity index is 0.000000678. The van der Waals surface area contributed by atoms with E-state index in [0.717, 1.165) is 190 Å². The first kappa shape index (κ1) is 109. The molecule has 0 saturated carbocycles. The monoisotopic (exact) mass is 1740 g/mol. The lowest BCUT2D eigenvalue weighted by Crippen LogP contribution is -2.39. The van der Waals surface area contributed by atoms with Crippen LogP contribution in [0.4, 0.5) is 39.8 Å². The van der Waals surface area contributed by atoms with E-state index >= 15 is 0 Å². The Morgan fingerprint density at radius 1 is 0.267 bits per heavy atom. The van der Waals surface area contributed by atoms with Gasteiger partial charge in [0.05, 0.1) is 39.8 Å². The summed E-state index contributed by atoms with van der Waals surface area (Å²) in [5.41, 5.74) is 28.3. The Kier molecular flexibility index (Phi) is 44.4.